The largest absolute Gasteiger partial charge is 0.338 e. The molecule has 0 aliphatic heterocycles. The number of hydrogen-bond acceptors (Lipinski definition) is 2. The third kappa shape index (κ3) is 4.54. The van der Waals surface area contributed by atoms with Crippen LogP contribution in [-0.4, -0.2) is 22.4 Å². The molecular formula is C15H28N4O. The van der Waals surface area contributed by atoms with Gasteiger partial charge in [-0.15, -0.1) is 0 Å². The van der Waals surface area contributed by atoms with Crippen LogP contribution in [0.3, 0.4) is 0 Å². The van der Waals surface area contributed by atoms with Crippen LogP contribution < -0.4 is 10.6 Å². The lowest BCUT2D eigenvalue weighted by Crippen LogP contribution is -2.42. The van der Waals surface area contributed by atoms with Gasteiger partial charge in [0.25, 0.3) is 0 Å². The summed E-state index contributed by atoms with van der Waals surface area (Å²) in [7, 11) is 1.90. The van der Waals surface area contributed by atoms with Crippen molar-refractivity contribution in [3.05, 3.63) is 17.5 Å². The second-order valence-corrected chi connectivity index (χ2v) is 6.31. The Balaban J connectivity index is 2.44. The first-order valence-electron chi connectivity index (χ1n) is 7.29. The van der Waals surface area contributed by atoms with Gasteiger partial charge in [-0.1, -0.05) is 34.6 Å². The molecule has 5 heteroatoms. The quantitative estimate of drug-likeness (QED) is 0.841. The fraction of sp³-hybridized carbons (Fsp3) is 0.733. The van der Waals surface area contributed by atoms with Crippen molar-refractivity contribution in [2.45, 2.75) is 47.6 Å². The Hall–Kier alpha value is -1.52. The van der Waals surface area contributed by atoms with Crippen molar-refractivity contribution in [2.75, 3.05) is 6.54 Å². The molecular weight excluding hydrogens is 252 g/mol. The van der Waals surface area contributed by atoms with E-state index in [0.717, 1.165) is 17.7 Å². The molecule has 0 unspecified atom stereocenters. The summed E-state index contributed by atoms with van der Waals surface area (Å²) >= 11 is 0. The molecule has 2 amide bonds. The van der Waals surface area contributed by atoms with Crippen molar-refractivity contribution < 1.29 is 4.79 Å². The van der Waals surface area contributed by atoms with Crippen LogP contribution in [0.2, 0.25) is 0 Å². The van der Waals surface area contributed by atoms with Gasteiger partial charge in [-0.25, -0.2) is 4.79 Å². The molecule has 0 aromatic carbocycles. The summed E-state index contributed by atoms with van der Waals surface area (Å²) in [6.45, 7) is 11.9. The minimum absolute atomic E-state index is 0.0974. The van der Waals surface area contributed by atoms with Crippen LogP contribution in [0.15, 0.2) is 6.20 Å². The minimum atomic E-state index is -0.121. The molecule has 5 nitrogen and oxygen atoms in total. The molecule has 0 spiro atoms. The van der Waals surface area contributed by atoms with Crippen molar-refractivity contribution in [1.29, 1.82) is 0 Å². The van der Waals surface area contributed by atoms with Gasteiger partial charge in [-0.3, -0.25) is 4.68 Å². The van der Waals surface area contributed by atoms with Crippen LogP contribution in [0, 0.1) is 11.3 Å². The van der Waals surface area contributed by atoms with Crippen LogP contribution in [0.25, 0.3) is 0 Å². The SMILES string of the molecule is CCc1nn(C)cc1CNC(=O)NCC(C)(C)C(C)C. The van der Waals surface area contributed by atoms with Crippen LogP contribution in [-0.2, 0) is 20.0 Å². The van der Waals surface area contributed by atoms with Gasteiger partial charge < -0.3 is 10.6 Å². The predicted octanol–water partition coefficient (Wildman–Crippen LogP) is 2.46. The first kappa shape index (κ1) is 16.5. The lowest BCUT2D eigenvalue weighted by Gasteiger charge is -2.29. The van der Waals surface area contributed by atoms with E-state index in [9.17, 15) is 4.79 Å². The molecule has 0 bridgehead atoms. The second kappa shape index (κ2) is 6.77. The number of hydrogen-bond donors (Lipinski definition) is 2. The van der Waals surface area contributed by atoms with Gasteiger partial charge in [0.2, 0.25) is 0 Å². The molecule has 0 aliphatic carbocycles. The predicted molar refractivity (Wildman–Crippen MR) is 81.4 cm³/mol. The molecule has 20 heavy (non-hydrogen) atoms. The van der Waals surface area contributed by atoms with Crippen molar-refractivity contribution >= 4 is 6.03 Å². The maximum Gasteiger partial charge on any atom is 0.315 e. The van der Waals surface area contributed by atoms with Gasteiger partial charge in [0.15, 0.2) is 0 Å². The number of nitrogens with zero attached hydrogens (tertiary/aromatic N) is 2. The van der Waals surface area contributed by atoms with Crippen molar-refractivity contribution in [2.24, 2.45) is 18.4 Å². The van der Waals surface area contributed by atoms with Crippen LogP contribution in [0.4, 0.5) is 4.79 Å². The molecule has 1 rings (SSSR count). The zero-order valence-electron chi connectivity index (χ0n) is 13.6. The lowest BCUT2D eigenvalue weighted by atomic mass is 9.81. The first-order valence-corrected chi connectivity index (χ1v) is 7.29. The molecule has 1 aromatic heterocycles. The fourth-order valence-corrected chi connectivity index (χ4v) is 1.78. The van der Waals surface area contributed by atoms with E-state index in [0.29, 0.717) is 19.0 Å². The monoisotopic (exact) mass is 280 g/mol. The number of aromatic nitrogens is 2. The van der Waals surface area contributed by atoms with E-state index in [1.54, 1.807) is 4.68 Å². The Labute approximate surface area is 122 Å². The average Bonchev–Trinajstić information content (AvgIpc) is 2.74. The Morgan fingerprint density at radius 3 is 2.60 bits per heavy atom. The van der Waals surface area contributed by atoms with Gasteiger partial charge >= 0.3 is 6.03 Å². The molecule has 1 heterocycles. The number of carbonyl (C=O) groups is 1. The van der Waals surface area contributed by atoms with E-state index in [-0.39, 0.29) is 11.4 Å². The molecule has 0 radical (unpaired) electrons. The maximum atomic E-state index is 11.8. The molecule has 2 N–H and O–H groups in total. The molecule has 114 valence electrons. The Morgan fingerprint density at radius 1 is 1.40 bits per heavy atom. The molecule has 0 saturated carbocycles. The van der Waals surface area contributed by atoms with Crippen LogP contribution in [0.5, 0.6) is 0 Å². The number of amides is 2. The highest BCUT2D eigenvalue weighted by atomic mass is 16.2. The third-order valence-corrected chi connectivity index (χ3v) is 4.03. The molecule has 1 aromatic rings. The first-order chi connectivity index (χ1) is 9.26. The van der Waals surface area contributed by atoms with Crippen molar-refractivity contribution in [3.63, 3.8) is 0 Å². The van der Waals surface area contributed by atoms with Crippen LogP contribution in [0.1, 0.15) is 45.9 Å². The molecule has 0 fully saturated rings. The number of carbonyl (C=O) groups excluding carboxylic acids is 1. The smallest absolute Gasteiger partial charge is 0.315 e. The highest BCUT2D eigenvalue weighted by Crippen LogP contribution is 2.24. The molecule has 0 aliphatic rings. The third-order valence-electron chi connectivity index (χ3n) is 4.03. The number of aryl methyl sites for hydroxylation is 2. The van der Waals surface area contributed by atoms with Crippen molar-refractivity contribution in [3.8, 4) is 0 Å². The Morgan fingerprint density at radius 2 is 2.05 bits per heavy atom. The summed E-state index contributed by atoms with van der Waals surface area (Å²) < 4.78 is 1.79. The van der Waals surface area contributed by atoms with E-state index < -0.39 is 0 Å². The summed E-state index contributed by atoms with van der Waals surface area (Å²) in [5, 5.41) is 10.2. The van der Waals surface area contributed by atoms with Gasteiger partial charge in [0.05, 0.1) is 5.69 Å². The van der Waals surface area contributed by atoms with Gasteiger partial charge in [0, 0.05) is 31.9 Å². The highest BCUT2D eigenvalue weighted by molar-refractivity contribution is 5.73. The molecule has 0 saturated heterocycles. The van der Waals surface area contributed by atoms with Gasteiger partial charge in [-0.2, -0.15) is 5.10 Å². The van der Waals surface area contributed by atoms with E-state index in [2.05, 4.69) is 50.4 Å². The summed E-state index contributed by atoms with van der Waals surface area (Å²) in [6, 6.07) is -0.121. The van der Waals surface area contributed by atoms with E-state index in [4.69, 9.17) is 0 Å². The second-order valence-electron chi connectivity index (χ2n) is 6.31. The van der Waals surface area contributed by atoms with E-state index in [1.165, 1.54) is 0 Å². The van der Waals surface area contributed by atoms with Gasteiger partial charge in [0.1, 0.15) is 0 Å². The zero-order valence-corrected chi connectivity index (χ0v) is 13.6. The minimum Gasteiger partial charge on any atom is -0.338 e. The summed E-state index contributed by atoms with van der Waals surface area (Å²) in [6.07, 6.45) is 2.83. The fourth-order valence-electron chi connectivity index (χ4n) is 1.78. The summed E-state index contributed by atoms with van der Waals surface area (Å²) in [5.41, 5.74) is 2.21. The topological polar surface area (TPSA) is 59.0 Å². The van der Waals surface area contributed by atoms with Gasteiger partial charge in [-0.05, 0) is 17.8 Å². The molecule has 0 atom stereocenters. The average molecular weight is 280 g/mol. The highest BCUT2D eigenvalue weighted by Gasteiger charge is 2.22. The summed E-state index contributed by atoms with van der Waals surface area (Å²) in [5.74, 6) is 0.521. The van der Waals surface area contributed by atoms with Crippen molar-refractivity contribution in [1.82, 2.24) is 20.4 Å². The Kier molecular flexibility index (Phi) is 5.60. The number of rotatable bonds is 6. The standard InChI is InChI=1S/C15H28N4O/c1-7-13-12(9-19(6)18-13)8-16-14(20)17-10-15(4,5)11(2)3/h9,11H,7-8,10H2,1-6H3,(H2,16,17,20). The summed E-state index contributed by atoms with van der Waals surface area (Å²) in [4.78, 5) is 11.8. The normalized spacial score (nSPS) is 11.8. The lowest BCUT2D eigenvalue weighted by molar-refractivity contribution is 0.215. The number of nitrogens with one attached hydrogen (secondary N) is 2. The zero-order chi connectivity index (χ0) is 15.3. The van der Waals surface area contributed by atoms with Crippen LogP contribution >= 0.6 is 0 Å². The van der Waals surface area contributed by atoms with E-state index >= 15 is 0 Å². The maximum absolute atomic E-state index is 11.8. The Bertz CT molecular complexity index is 449. The number of urea groups is 1. The van der Waals surface area contributed by atoms with E-state index in [1.807, 2.05) is 13.2 Å².